The van der Waals surface area contributed by atoms with Crippen LogP contribution in [0.2, 0.25) is 0 Å². The van der Waals surface area contributed by atoms with Gasteiger partial charge in [-0.05, 0) is 37.0 Å². The largest absolute Gasteiger partial charge is 0.473 e. The Hall–Kier alpha value is -1.60. The molecule has 0 saturated carbocycles. The molecular weight excluding hydrogens is 231 g/mol. The van der Waals surface area contributed by atoms with Crippen LogP contribution in [-0.2, 0) is 6.42 Å². The SMILES string of the molecule is CCC(N)Cc1ccc(OC(C#N)CC)c(F)c1. The second-order valence-electron chi connectivity index (χ2n) is 4.28. The lowest BCUT2D eigenvalue weighted by Crippen LogP contribution is -2.21. The Kier molecular flexibility index (Phi) is 5.60. The zero-order valence-electron chi connectivity index (χ0n) is 10.8. The fourth-order valence-electron chi connectivity index (χ4n) is 1.57. The average Bonchev–Trinajstić information content (AvgIpc) is 2.38. The summed E-state index contributed by atoms with van der Waals surface area (Å²) in [6.45, 7) is 3.82. The Bertz CT molecular complexity index is 428. The number of halogens is 1. The minimum absolute atomic E-state index is 0.0404. The van der Waals surface area contributed by atoms with E-state index in [4.69, 9.17) is 15.7 Å². The van der Waals surface area contributed by atoms with Crippen LogP contribution in [-0.4, -0.2) is 12.1 Å². The fourth-order valence-corrected chi connectivity index (χ4v) is 1.57. The standard InChI is InChI=1S/C14H19FN2O/c1-3-11(17)7-10-5-6-14(13(15)8-10)18-12(4-2)9-16/h5-6,8,11-12H,3-4,7,17H2,1-2H3. The summed E-state index contributed by atoms with van der Waals surface area (Å²) >= 11 is 0. The molecule has 0 radical (unpaired) electrons. The molecule has 1 aromatic carbocycles. The molecule has 2 atom stereocenters. The summed E-state index contributed by atoms with van der Waals surface area (Å²) in [5.74, 6) is -0.318. The number of nitrogens with two attached hydrogens (primary N) is 1. The first kappa shape index (κ1) is 14.5. The lowest BCUT2D eigenvalue weighted by Gasteiger charge is -2.13. The Morgan fingerprint density at radius 1 is 1.39 bits per heavy atom. The maximum Gasteiger partial charge on any atom is 0.184 e. The number of nitriles is 1. The Morgan fingerprint density at radius 3 is 2.61 bits per heavy atom. The van der Waals surface area contributed by atoms with E-state index >= 15 is 0 Å². The summed E-state index contributed by atoms with van der Waals surface area (Å²) in [6.07, 6.45) is 1.41. The van der Waals surface area contributed by atoms with Crippen molar-refractivity contribution in [3.05, 3.63) is 29.6 Å². The number of hydrogen-bond donors (Lipinski definition) is 1. The number of nitrogens with zero attached hydrogens (tertiary/aromatic N) is 1. The van der Waals surface area contributed by atoms with Crippen LogP contribution in [0, 0.1) is 17.1 Å². The highest BCUT2D eigenvalue weighted by Crippen LogP contribution is 2.21. The summed E-state index contributed by atoms with van der Waals surface area (Å²) < 4.78 is 19.0. The topological polar surface area (TPSA) is 59.0 Å². The van der Waals surface area contributed by atoms with Gasteiger partial charge in [-0.3, -0.25) is 0 Å². The predicted molar refractivity (Wildman–Crippen MR) is 68.7 cm³/mol. The molecule has 4 heteroatoms. The van der Waals surface area contributed by atoms with Crippen molar-refractivity contribution in [3.8, 4) is 11.8 Å². The molecule has 1 aromatic rings. The molecule has 0 heterocycles. The lowest BCUT2D eigenvalue weighted by molar-refractivity contribution is 0.240. The van der Waals surface area contributed by atoms with Gasteiger partial charge in [-0.1, -0.05) is 19.9 Å². The van der Waals surface area contributed by atoms with Crippen molar-refractivity contribution >= 4 is 0 Å². The van der Waals surface area contributed by atoms with Crippen molar-refractivity contribution < 1.29 is 9.13 Å². The molecule has 0 saturated heterocycles. The highest BCUT2D eigenvalue weighted by atomic mass is 19.1. The van der Waals surface area contributed by atoms with E-state index in [-0.39, 0.29) is 11.8 Å². The lowest BCUT2D eigenvalue weighted by atomic mass is 10.0. The van der Waals surface area contributed by atoms with Gasteiger partial charge in [0.25, 0.3) is 0 Å². The average molecular weight is 250 g/mol. The summed E-state index contributed by atoms with van der Waals surface area (Å²) in [4.78, 5) is 0. The van der Waals surface area contributed by atoms with E-state index in [1.807, 2.05) is 19.9 Å². The Balaban J connectivity index is 2.77. The molecule has 0 bridgehead atoms. The van der Waals surface area contributed by atoms with Crippen molar-refractivity contribution in [3.63, 3.8) is 0 Å². The first-order chi connectivity index (χ1) is 8.60. The summed E-state index contributed by atoms with van der Waals surface area (Å²) in [7, 11) is 0. The minimum Gasteiger partial charge on any atom is -0.473 e. The maximum absolute atomic E-state index is 13.8. The molecule has 3 nitrogen and oxygen atoms in total. The minimum atomic E-state index is -0.608. The Labute approximate surface area is 107 Å². The van der Waals surface area contributed by atoms with Gasteiger partial charge in [0, 0.05) is 6.04 Å². The van der Waals surface area contributed by atoms with E-state index in [1.165, 1.54) is 6.07 Å². The predicted octanol–water partition coefficient (Wildman–Crippen LogP) is 2.79. The second-order valence-corrected chi connectivity index (χ2v) is 4.28. The van der Waals surface area contributed by atoms with Gasteiger partial charge in [0.2, 0.25) is 0 Å². The molecule has 0 aliphatic carbocycles. The summed E-state index contributed by atoms with van der Waals surface area (Å²) in [6, 6.07) is 6.79. The van der Waals surface area contributed by atoms with Gasteiger partial charge >= 0.3 is 0 Å². The van der Waals surface area contributed by atoms with Gasteiger partial charge < -0.3 is 10.5 Å². The van der Waals surface area contributed by atoms with Crippen molar-refractivity contribution in [2.45, 2.75) is 45.3 Å². The van der Waals surface area contributed by atoms with Gasteiger partial charge in [0.15, 0.2) is 17.7 Å². The van der Waals surface area contributed by atoms with Crippen LogP contribution in [0.3, 0.4) is 0 Å². The van der Waals surface area contributed by atoms with Crippen LogP contribution < -0.4 is 10.5 Å². The third-order valence-corrected chi connectivity index (χ3v) is 2.80. The smallest absolute Gasteiger partial charge is 0.184 e. The van der Waals surface area contributed by atoms with Crippen molar-refractivity contribution in [1.29, 1.82) is 5.26 Å². The fraction of sp³-hybridized carbons (Fsp3) is 0.500. The van der Waals surface area contributed by atoms with Gasteiger partial charge in [-0.25, -0.2) is 4.39 Å². The highest BCUT2D eigenvalue weighted by molar-refractivity contribution is 5.30. The molecule has 0 aromatic heterocycles. The van der Waals surface area contributed by atoms with Crippen LogP contribution in [0.5, 0.6) is 5.75 Å². The van der Waals surface area contributed by atoms with Crippen molar-refractivity contribution in [2.75, 3.05) is 0 Å². The number of benzene rings is 1. The van der Waals surface area contributed by atoms with Crippen molar-refractivity contribution in [1.82, 2.24) is 0 Å². The van der Waals surface area contributed by atoms with Crippen LogP contribution in [0.1, 0.15) is 32.3 Å². The first-order valence-corrected chi connectivity index (χ1v) is 6.20. The van der Waals surface area contributed by atoms with Crippen molar-refractivity contribution in [2.24, 2.45) is 5.73 Å². The van der Waals surface area contributed by atoms with E-state index in [2.05, 4.69) is 0 Å². The molecule has 0 aliphatic heterocycles. The number of ether oxygens (including phenoxy) is 1. The van der Waals surface area contributed by atoms with Gasteiger partial charge in [0.1, 0.15) is 6.07 Å². The molecule has 2 unspecified atom stereocenters. The molecule has 0 fully saturated rings. The number of hydrogen-bond acceptors (Lipinski definition) is 3. The van der Waals surface area contributed by atoms with Crippen LogP contribution in [0.4, 0.5) is 4.39 Å². The molecule has 2 N–H and O–H groups in total. The van der Waals surface area contributed by atoms with Crippen LogP contribution >= 0.6 is 0 Å². The second kappa shape index (κ2) is 6.97. The maximum atomic E-state index is 13.8. The Morgan fingerprint density at radius 2 is 2.11 bits per heavy atom. The molecule has 0 amide bonds. The zero-order valence-corrected chi connectivity index (χ0v) is 10.8. The molecule has 1 rings (SSSR count). The molecule has 0 spiro atoms. The van der Waals surface area contributed by atoms with Gasteiger partial charge in [-0.15, -0.1) is 0 Å². The summed E-state index contributed by atoms with van der Waals surface area (Å²) in [5.41, 5.74) is 6.67. The molecule has 98 valence electrons. The monoisotopic (exact) mass is 250 g/mol. The molecule has 0 aliphatic rings. The molecular formula is C14H19FN2O. The third-order valence-electron chi connectivity index (χ3n) is 2.80. The highest BCUT2D eigenvalue weighted by Gasteiger charge is 2.11. The van der Waals surface area contributed by atoms with E-state index in [0.717, 1.165) is 12.0 Å². The molecule has 18 heavy (non-hydrogen) atoms. The van der Waals surface area contributed by atoms with E-state index in [0.29, 0.717) is 12.8 Å². The number of rotatable bonds is 6. The zero-order chi connectivity index (χ0) is 13.5. The van der Waals surface area contributed by atoms with Gasteiger partial charge in [-0.2, -0.15) is 5.26 Å². The third kappa shape index (κ3) is 4.01. The summed E-state index contributed by atoms with van der Waals surface area (Å²) in [5, 5.41) is 8.77. The van der Waals surface area contributed by atoms with Gasteiger partial charge in [0.05, 0.1) is 0 Å². The van der Waals surface area contributed by atoms with Crippen LogP contribution in [0.15, 0.2) is 18.2 Å². The normalized spacial score (nSPS) is 13.7. The van der Waals surface area contributed by atoms with E-state index in [9.17, 15) is 4.39 Å². The van der Waals surface area contributed by atoms with E-state index < -0.39 is 11.9 Å². The van der Waals surface area contributed by atoms with E-state index in [1.54, 1.807) is 12.1 Å². The van der Waals surface area contributed by atoms with Crippen LogP contribution in [0.25, 0.3) is 0 Å². The first-order valence-electron chi connectivity index (χ1n) is 6.20. The quantitative estimate of drug-likeness (QED) is 0.844.